The van der Waals surface area contributed by atoms with Crippen molar-refractivity contribution in [3.63, 3.8) is 0 Å². The van der Waals surface area contributed by atoms with Crippen molar-refractivity contribution >= 4 is 17.7 Å². The Hall–Kier alpha value is -3.40. The lowest BCUT2D eigenvalue weighted by molar-refractivity contribution is -0.141. The fourth-order valence-corrected chi connectivity index (χ4v) is 4.75. The van der Waals surface area contributed by atoms with Gasteiger partial charge in [0.05, 0.1) is 6.04 Å². The van der Waals surface area contributed by atoms with Crippen LogP contribution in [0.25, 0.3) is 11.1 Å². The van der Waals surface area contributed by atoms with Crippen molar-refractivity contribution in [2.24, 2.45) is 11.5 Å². The van der Waals surface area contributed by atoms with E-state index in [1.54, 1.807) is 24.3 Å². The molecule has 0 spiro atoms. The quantitative estimate of drug-likeness (QED) is 0.332. The Morgan fingerprint density at radius 2 is 1.47 bits per heavy atom. The number of carbonyl (C=O) groups excluding carboxylic acids is 3. The van der Waals surface area contributed by atoms with E-state index in [2.05, 4.69) is 10.6 Å². The smallest absolute Gasteiger partial charge is 0.370 e. The number of rotatable bonds is 12. The maximum Gasteiger partial charge on any atom is 0.405 e. The first-order valence-corrected chi connectivity index (χ1v) is 11.9. The summed E-state index contributed by atoms with van der Waals surface area (Å²) < 4.78 is 38.8. The van der Waals surface area contributed by atoms with E-state index in [9.17, 15) is 27.6 Å². The highest BCUT2D eigenvalue weighted by Crippen LogP contribution is 2.51. The summed E-state index contributed by atoms with van der Waals surface area (Å²) in [5.74, 6) is -1.58. The van der Waals surface area contributed by atoms with E-state index < -0.39 is 36.0 Å². The lowest BCUT2D eigenvalue weighted by Gasteiger charge is -2.31. The third-order valence-electron chi connectivity index (χ3n) is 6.47. The number of alkyl halides is 3. The molecule has 1 unspecified atom stereocenters. The van der Waals surface area contributed by atoms with Gasteiger partial charge in [-0.1, -0.05) is 61.4 Å². The van der Waals surface area contributed by atoms with E-state index in [0.717, 1.165) is 11.1 Å². The number of nitrogens with one attached hydrogen (secondary N) is 2. The first-order chi connectivity index (χ1) is 17.1. The van der Waals surface area contributed by atoms with E-state index in [-0.39, 0.29) is 18.7 Å². The molecule has 10 heteroatoms. The molecule has 0 saturated carbocycles. The molecule has 194 valence electrons. The van der Waals surface area contributed by atoms with Gasteiger partial charge < -0.3 is 22.1 Å². The topological polar surface area (TPSA) is 127 Å². The molecule has 0 aromatic heterocycles. The highest BCUT2D eigenvalue weighted by molar-refractivity contribution is 6.00. The van der Waals surface area contributed by atoms with E-state index in [4.69, 9.17) is 11.5 Å². The average molecular weight is 505 g/mol. The van der Waals surface area contributed by atoms with Crippen LogP contribution in [-0.4, -0.2) is 43.0 Å². The lowest BCUT2D eigenvalue weighted by atomic mass is 9.73. The molecule has 1 atom stereocenters. The van der Waals surface area contributed by atoms with Crippen molar-refractivity contribution in [2.75, 3.05) is 13.1 Å². The Bertz CT molecular complexity index is 1060. The number of halogens is 3. The molecule has 36 heavy (non-hydrogen) atoms. The first-order valence-electron chi connectivity index (χ1n) is 11.9. The van der Waals surface area contributed by atoms with Gasteiger partial charge in [0.1, 0.15) is 12.0 Å². The molecule has 3 amide bonds. The summed E-state index contributed by atoms with van der Waals surface area (Å²) in [6.45, 7) is -1.05. The van der Waals surface area contributed by atoms with E-state index in [1.165, 1.54) is 0 Å². The summed E-state index contributed by atoms with van der Waals surface area (Å²) in [4.78, 5) is 36.3. The van der Waals surface area contributed by atoms with Gasteiger partial charge in [-0.25, -0.2) is 0 Å². The fraction of sp³-hybridized carbons (Fsp3) is 0.423. The Labute approximate surface area is 207 Å². The molecule has 7 nitrogen and oxygen atoms in total. The van der Waals surface area contributed by atoms with Crippen molar-refractivity contribution < 1.29 is 27.6 Å². The predicted molar refractivity (Wildman–Crippen MR) is 130 cm³/mol. The molecular weight excluding hydrogens is 473 g/mol. The van der Waals surface area contributed by atoms with Crippen LogP contribution in [0.4, 0.5) is 13.2 Å². The van der Waals surface area contributed by atoms with E-state index >= 15 is 0 Å². The summed E-state index contributed by atoms with van der Waals surface area (Å²) in [6, 6.07) is 13.8. The van der Waals surface area contributed by atoms with Crippen molar-refractivity contribution in [1.82, 2.24) is 10.6 Å². The van der Waals surface area contributed by atoms with Gasteiger partial charge in [0.15, 0.2) is 0 Å². The number of fused-ring (bicyclic) bond motifs is 3. The summed E-state index contributed by atoms with van der Waals surface area (Å²) in [5.41, 5.74) is 12.6. The number of carbonyl (C=O) groups is 3. The summed E-state index contributed by atoms with van der Waals surface area (Å²) in [5, 5.41) is 4.83. The number of hydrogen-bond donors (Lipinski definition) is 4. The third kappa shape index (κ3) is 6.23. The number of primary amides is 1. The second-order valence-corrected chi connectivity index (χ2v) is 9.01. The van der Waals surface area contributed by atoms with Crippen LogP contribution in [0.5, 0.6) is 0 Å². The predicted octanol–water partition coefficient (Wildman–Crippen LogP) is 2.90. The highest BCUT2D eigenvalue weighted by Gasteiger charge is 2.49. The normalized spacial score (nSPS) is 14.4. The van der Waals surface area contributed by atoms with Crippen LogP contribution < -0.4 is 22.1 Å². The van der Waals surface area contributed by atoms with Crippen molar-refractivity contribution in [3.8, 4) is 11.1 Å². The summed E-state index contributed by atoms with van der Waals surface area (Å²) in [7, 11) is 0. The second kappa shape index (κ2) is 11.6. The largest absolute Gasteiger partial charge is 0.405 e. The molecule has 1 aliphatic carbocycles. The van der Waals surface area contributed by atoms with Crippen LogP contribution >= 0.6 is 0 Å². The molecule has 1 aliphatic rings. The number of nitrogens with two attached hydrogens (primary N) is 2. The molecule has 0 bridgehead atoms. The van der Waals surface area contributed by atoms with Crippen LogP contribution in [0.3, 0.4) is 0 Å². The van der Waals surface area contributed by atoms with Crippen LogP contribution in [0.1, 0.15) is 49.7 Å². The maximum atomic E-state index is 13.4. The average Bonchev–Trinajstić information content (AvgIpc) is 3.13. The minimum absolute atomic E-state index is 0.0238. The van der Waals surface area contributed by atoms with Gasteiger partial charge in [0.25, 0.3) is 0 Å². The molecular formula is C26H31F3N4O3. The molecule has 0 aliphatic heterocycles. The van der Waals surface area contributed by atoms with Crippen LogP contribution in [-0.2, 0) is 19.8 Å². The zero-order valence-electron chi connectivity index (χ0n) is 19.9. The van der Waals surface area contributed by atoms with Gasteiger partial charge in [-0.15, -0.1) is 0 Å². The monoisotopic (exact) mass is 504 g/mol. The van der Waals surface area contributed by atoms with Gasteiger partial charge in [0, 0.05) is 13.0 Å². The van der Waals surface area contributed by atoms with Crippen LogP contribution in [0, 0.1) is 0 Å². The van der Waals surface area contributed by atoms with Gasteiger partial charge in [-0.05, 0) is 41.5 Å². The maximum absolute atomic E-state index is 13.4. The molecule has 2 aromatic rings. The SMILES string of the molecule is NC(=O)CCC(N)C(=O)NCCCCCC1(C(=O)NCC(F)(F)F)c2ccccc2-c2ccccc21. The molecule has 2 aromatic carbocycles. The number of unbranched alkanes of at least 4 members (excludes halogenated alkanes) is 2. The van der Waals surface area contributed by atoms with Crippen LogP contribution in [0.15, 0.2) is 48.5 Å². The lowest BCUT2D eigenvalue weighted by Crippen LogP contribution is -2.47. The summed E-state index contributed by atoms with van der Waals surface area (Å²) >= 11 is 0. The van der Waals surface area contributed by atoms with Gasteiger partial charge in [-0.3, -0.25) is 14.4 Å². The van der Waals surface area contributed by atoms with Crippen molar-refractivity contribution in [2.45, 2.75) is 56.2 Å². The molecule has 0 fully saturated rings. The van der Waals surface area contributed by atoms with Gasteiger partial charge >= 0.3 is 6.18 Å². The van der Waals surface area contributed by atoms with E-state index in [0.29, 0.717) is 43.4 Å². The standard InChI is InChI=1S/C26H31F3N4O3/c27-26(28,29)16-33-24(36)25(14-6-1-7-15-32-23(35)21(30)12-13-22(31)34)19-10-4-2-8-17(19)18-9-3-5-11-20(18)25/h2-5,8-11,21H,1,6-7,12-16,30H2,(H2,31,34)(H,32,35)(H,33,36). The Kier molecular flexibility index (Phi) is 8.73. The Balaban J connectivity index is 1.69. The Morgan fingerprint density at radius 1 is 0.889 bits per heavy atom. The van der Waals surface area contributed by atoms with Crippen LogP contribution in [0.2, 0.25) is 0 Å². The third-order valence-corrected chi connectivity index (χ3v) is 6.47. The number of hydrogen-bond acceptors (Lipinski definition) is 4. The first kappa shape index (κ1) is 27.2. The molecule has 3 rings (SSSR count). The van der Waals surface area contributed by atoms with Gasteiger partial charge in [-0.2, -0.15) is 13.2 Å². The number of amides is 3. The zero-order valence-corrected chi connectivity index (χ0v) is 19.9. The molecule has 0 heterocycles. The Morgan fingerprint density at radius 3 is 2.03 bits per heavy atom. The molecule has 6 N–H and O–H groups in total. The number of benzene rings is 2. The second-order valence-electron chi connectivity index (χ2n) is 9.01. The highest BCUT2D eigenvalue weighted by atomic mass is 19.4. The molecule has 0 radical (unpaired) electrons. The van der Waals surface area contributed by atoms with E-state index in [1.807, 2.05) is 24.3 Å². The minimum Gasteiger partial charge on any atom is -0.370 e. The molecule has 0 saturated heterocycles. The van der Waals surface area contributed by atoms with Crippen molar-refractivity contribution in [1.29, 1.82) is 0 Å². The minimum atomic E-state index is -4.52. The zero-order chi connectivity index (χ0) is 26.3. The summed E-state index contributed by atoms with van der Waals surface area (Å²) in [6.07, 6.45) is -2.24. The van der Waals surface area contributed by atoms with Crippen molar-refractivity contribution in [3.05, 3.63) is 59.7 Å². The fourth-order valence-electron chi connectivity index (χ4n) is 4.75. The van der Waals surface area contributed by atoms with Gasteiger partial charge in [0.2, 0.25) is 17.7 Å².